The first kappa shape index (κ1) is 17.2. The number of carboxylic acids is 2. The van der Waals surface area contributed by atoms with Gasteiger partial charge in [-0.1, -0.05) is 0 Å². The average Bonchev–Trinajstić information content (AvgIpc) is 2.42. The molecule has 1 unspecified atom stereocenters. The van der Waals surface area contributed by atoms with Crippen molar-refractivity contribution in [2.75, 3.05) is 26.7 Å². The minimum absolute atomic E-state index is 0.133. The van der Waals surface area contributed by atoms with Gasteiger partial charge in [0.05, 0.1) is 0 Å². The molecule has 4 N–H and O–H groups in total. The van der Waals surface area contributed by atoms with Crippen LogP contribution in [0.25, 0.3) is 0 Å². The molecule has 120 valence electrons. The molecule has 0 saturated carbocycles. The molecule has 1 aliphatic heterocycles. The number of piperidine rings is 1. The van der Waals surface area contributed by atoms with Gasteiger partial charge in [-0.15, -0.1) is 0 Å². The van der Waals surface area contributed by atoms with Crippen LogP contribution in [0, 0.1) is 5.92 Å². The number of rotatable bonds is 7. The second kappa shape index (κ2) is 8.46. The van der Waals surface area contributed by atoms with Crippen molar-refractivity contribution in [2.24, 2.45) is 5.92 Å². The van der Waals surface area contributed by atoms with Crippen LogP contribution in [-0.4, -0.2) is 65.8 Å². The van der Waals surface area contributed by atoms with Crippen LogP contribution >= 0.6 is 0 Å². The summed E-state index contributed by atoms with van der Waals surface area (Å²) in [5.41, 5.74) is 0. The summed E-state index contributed by atoms with van der Waals surface area (Å²) < 4.78 is 0. The predicted octanol–water partition coefficient (Wildman–Crippen LogP) is -0.0546. The fraction of sp³-hybridized carbons (Fsp3) is 0.769. The van der Waals surface area contributed by atoms with E-state index in [1.807, 2.05) is 0 Å². The molecular formula is C13H23N3O5. The van der Waals surface area contributed by atoms with Gasteiger partial charge in [0.1, 0.15) is 6.04 Å². The lowest BCUT2D eigenvalue weighted by atomic mass is 9.97. The Balaban J connectivity index is 2.29. The van der Waals surface area contributed by atoms with Crippen LogP contribution in [-0.2, 0) is 9.59 Å². The van der Waals surface area contributed by atoms with Gasteiger partial charge in [0.15, 0.2) is 0 Å². The molecule has 0 aromatic rings. The van der Waals surface area contributed by atoms with Crippen LogP contribution in [0.1, 0.15) is 25.7 Å². The second-order valence-corrected chi connectivity index (χ2v) is 5.42. The Hall–Kier alpha value is -1.83. The Morgan fingerprint density at radius 2 is 1.86 bits per heavy atom. The highest BCUT2D eigenvalue weighted by molar-refractivity contribution is 5.82. The minimum atomic E-state index is -1.23. The summed E-state index contributed by atoms with van der Waals surface area (Å²) in [6.45, 7) is 2.49. The third kappa shape index (κ3) is 6.94. The lowest BCUT2D eigenvalue weighted by Gasteiger charge is -2.29. The molecule has 0 aromatic carbocycles. The summed E-state index contributed by atoms with van der Waals surface area (Å²) in [6, 6.07) is -1.75. The van der Waals surface area contributed by atoms with Crippen LogP contribution in [0.2, 0.25) is 0 Å². The molecule has 1 aliphatic rings. The fourth-order valence-corrected chi connectivity index (χ4v) is 2.24. The van der Waals surface area contributed by atoms with Crippen LogP contribution in [0.3, 0.4) is 0 Å². The molecule has 0 spiro atoms. The van der Waals surface area contributed by atoms with Gasteiger partial charge >= 0.3 is 18.0 Å². The smallest absolute Gasteiger partial charge is 0.326 e. The van der Waals surface area contributed by atoms with E-state index in [1.54, 1.807) is 0 Å². The summed E-state index contributed by atoms with van der Waals surface area (Å²) in [4.78, 5) is 35.3. The van der Waals surface area contributed by atoms with Crippen molar-refractivity contribution in [3.63, 3.8) is 0 Å². The zero-order valence-corrected chi connectivity index (χ0v) is 12.2. The minimum Gasteiger partial charge on any atom is -0.481 e. The van der Waals surface area contributed by atoms with E-state index in [1.165, 1.54) is 0 Å². The van der Waals surface area contributed by atoms with Crippen LogP contribution in [0.5, 0.6) is 0 Å². The zero-order valence-electron chi connectivity index (χ0n) is 12.2. The SMILES string of the molecule is CN1CCC(CNC(=O)NC(CCC(=O)O)C(=O)O)CC1. The molecule has 0 radical (unpaired) electrons. The molecular weight excluding hydrogens is 278 g/mol. The largest absolute Gasteiger partial charge is 0.481 e. The normalized spacial score (nSPS) is 18.0. The van der Waals surface area contributed by atoms with Gasteiger partial charge in [0.25, 0.3) is 0 Å². The monoisotopic (exact) mass is 301 g/mol. The molecule has 1 atom stereocenters. The fourth-order valence-electron chi connectivity index (χ4n) is 2.24. The number of carbonyl (C=O) groups excluding carboxylic acids is 1. The molecule has 1 heterocycles. The lowest BCUT2D eigenvalue weighted by molar-refractivity contribution is -0.140. The molecule has 8 heteroatoms. The van der Waals surface area contributed by atoms with E-state index in [0.717, 1.165) is 25.9 Å². The first-order chi connectivity index (χ1) is 9.88. The maximum atomic E-state index is 11.7. The number of likely N-dealkylation sites (tertiary alicyclic amines) is 1. The van der Waals surface area contributed by atoms with E-state index in [4.69, 9.17) is 10.2 Å². The maximum absolute atomic E-state index is 11.7. The number of amides is 2. The zero-order chi connectivity index (χ0) is 15.8. The summed E-state index contributed by atoms with van der Waals surface area (Å²) in [5.74, 6) is -1.92. The quantitative estimate of drug-likeness (QED) is 0.523. The predicted molar refractivity (Wildman–Crippen MR) is 75.0 cm³/mol. The first-order valence-corrected chi connectivity index (χ1v) is 7.06. The van der Waals surface area contributed by atoms with E-state index in [9.17, 15) is 14.4 Å². The van der Waals surface area contributed by atoms with Gasteiger partial charge < -0.3 is 25.7 Å². The topological polar surface area (TPSA) is 119 Å². The highest BCUT2D eigenvalue weighted by Gasteiger charge is 2.22. The van der Waals surface area contributed by atoms with Gasteiger partial charge in [-0.25, -0.2) is 9.59 Å². The number of hydrogen-bond acceptors (Lipinski definition) is 4. The average molecular weight is 301 g/mol. The van der Waals surface area contributed by atoms with Crippen LogP contribution < -0.4 is 10.6 Å². The van der Waals surface area contributed by atoms with E-state index >= 15 is 0 Å². The molecule has 21 heavy (non-hydrogen) atoms. The van der Waals surface area contributed by atoms with Gasteiger partial charge in [0.2, 0.25) is 0 Å². The van der Waals surface area contributed by atoms with E-state index in [2.05, 4.69) is 22.6 Å². The Bertz CT molecular complexity index is 380. The Morgan fingerprint density at radius 1 is 1.24 bits per heavy atom. The summed E-state index contributed by atoms with van der Waals surface area (Å²) in [7, 11) is 2.05. The molecule has 0 bridgehead atoms. The highest BCUT2D eigenvalue weighted by atomic mass is 16.4. The lowest BCUT2D eigenvalue weighted by Crippen LogP contribution is -2.47. The van der Waals surface area contributed by atoms with Gasteiger partial charge in [-0.05, 0) is 45.3 Å². The van der Waals surface area contributed by atoms with Crippen LogP contribution in [0.15, 0.2) is 0 Å². The Kier molecular flexibility index (Phi) is 6.93. The third-order valence-electron chi connectivity index (χ3n) is 3.64. The van der Waals surface area contributed by atoms with E-state index < -0.39 is 24.0 Å². The van der Waals surface area contributed by atoms with Crippen molar-refractivity contribution < 1.29 is 24.6 Å². The standard InChI is InChI=1S/C13H23N3O5/c1-16-6-4-9(5-7-16)8-14-13(21)15-10(12(19)20)2-3-11(17)18/h9-10H,2-8H2,1H3,(H,17,18)(H,19,20)(H2,14,15,21). The number of aliphatic carboxylic acids is 2. The number of nitrogens with one attached hydrogen (secondary N) is 2. The molecule has 1 fully saturated rings. The highest BCUT2D eigenvalue weighted by Crippen LogP contribution is 2.14. The van der Waals surface area contributed by atoms with Crippen molar-refractivity contribution in [3.8, 4) is 0 Å². The number of carbonyl (C=O) groups is 3. The molecule has 8 nitrogen and oxygen atoms in total. The van der Waals surface area contributed by atoms with E-state index in [-0.39, 0.29) is 12.8 Å². The van der Waals surface area contributed by atoms with Gasteiger partial charge in [-0.3, -0.25) is 4.79 Å². The third-order valence-corrected chi connectivity index (χ3v) is 3.64. The van der Waals surface area contributed by atoms with E-state index in [0.29, 0.717) is 12.5 Å². The van der Waals surface area contributed by atoms with Crippen molar-refractivity contribution in [1.29, 1.82) is 0 Å². The number of nitrogens with zero attached hydrogens (tertiary/aromatic N) is 1. The molecule has 1 saturated heterocycles. The van der Waals surface area contributed by atoms with Crippen molar-refractivity contribution >= 4 is 18.0 Å². The van der Waals surface area contributed by atoms with Crippen molar-refractivity contribution in [1.82, 2.24) is 15.5 Å². The summed E-state index contributed by atoms with van der Waals surface area (Å²) >= 11 is 0. The van der Waals surface area contributed by atoms with Crippen LogP contribution in [0.4, 0.5) is 4.79 Å². The summed E-state index contributed by atoms with van der Waals surface area (Å²) in [5, 5.41) is 22.4. The van der Waals surface area contributed by atoms with Gasteiger partial charge in [0, 0.05) is 13.0 Å². The first-order valence-electron chi connectivity index (χ1n) is 7.06. The summed E-state index contributed by atoms with van der Waals surface area (Å²) in [6.07, 6.45) is 1.56. The second-order valence-electron chi connectivity index (χ2n) is 5.42. The van der Waals surface area contributed by atoms with Gasteiger partial charge in [-0.2, -0.15) is 0 Å². The Morgan fingerprint density at radius 3 is 2.38 bits per heavy atom. The molecule has 0 aromatic heterocycles. The maximum Gasteiger partial charge on any atom is 0.326 e. The van der Waals surface area contributed by atoms with Crippen molar-refractivity contribution in [2.45, 2.75) is 31.7 Å². The molecule has 2 amide bonds. The molecule has 0 aliphatic carbocycles. The Labute approximate surface area is 123 Å². The van der Waals surface area contributed by atoms with Crippen molar-refractivity contribution in [3.05, 3.63) is 0 Å². The number of hydrogen-bond donors (Lipinski definition) is 4. The number of carboxylic acid groups (broad SMARTS) is 2. The molecule has 1 rings (SSSR count). The number of urea groups is 1.